The van der Waals surface area contributed by atoms with E-state index in [-0.39, 0.29) is 6.54 Å². The first-order valence-corrected chi connectivity index (χ1v) is 6.15. The summed E-state index contributed by atoms with van der Waals surface area (Å²) < 4.78 is 27.2. The van der Waals surface area contributed by atoms with Gasteiger partial charge >= 0.3 is 5.92 Å². The maximum absolute atomic E-state index is 13.6. The van der Waals surface area contributed by atoms with Crippen LogP contribution < -0.4 is 0 Å². The Morgan fingerprint density at radius 2 is 1.74 bits per heavy atom. The minimum Gasteiger partial charge on any atom is -0.340 e. The van der Waals surface area contributed by atoms with Crippen molar-refractivity contribution in [2.24, 2.45) is 0 Å². The second kappa shape index (κ2) is 6.61. The van der Waals surface area contributed by atoms with Crippen LogP contribution in [0.2, 0.25) is 0 Å². The van der Waals surface area contributed by atoms with E-state index in [2.05, 4.69) is 0 Å². The summed E-state index contributed by atoms with van der Waals surface area (Å²) in [6, 6.07) is 9.49. The maximum atomic E-state index is 13.6. The van der Waals surface area contributed by atoms with Gasteiger partial charge in [-0.3, -0.25) is 4.79 Å². The fraction of sp³-hybridized carbons (Fsp3) is 0.500. The van der Waals surface area contributed by atoms with E-state index in [1.165, 1.54) is 26.0 Å². The average Bonchev–Trinajstić information content (AvgIpc) is 2.34. The van der Waals surface area contributed by atoms with Gasteiger partial charge in [0.05, 0.1) is 6.54 Å². The van der Waals surface area contributed by atoms with Crippen molar-refractivity contribution in [1.82, 2.24) is 9.80 Å². The summed E-state index contributed by atoms with van der Waals surface area (Å²) in [6.45, 7) is -0.284. The number of carbonyl (C=O) groups is 1. The van der Waals surface area contributed by atoms with Crippen molar-refractivity contribution >= 4 is 5.91 Å². The summed E-state index contributed by atoms with van der Waals surface area (Å²) in [5.41, 5.74) is 1.03. The van der Waals surface area contributed by atoms with Crippen molar-refractivity contribution in [3.05, 3.63) is 35.9 Å². The second-order valence-corrected chi connectivity index (χ2v) is 4.90. The van der Waals surface area contributed by atoms with Gasteiger partial charge in [-0.2, -0.15) is 8.78 Å². The number of hydrogen-bond donors (Lipinski definition) is 0. The lowest BCUT2D eigenvalue weighted by atomic mass is 10.1. The normalized spacial score (nSPS) is 11.7. The quantitative estimate of drug-likeness (QED) is 0.788. The summed E-state index contributed by atoms with van der Waals surface area (Å²) in [5.74, 6) is -4.47. The molecular formula is C14H20F2N2O. The highest BCUT2D eigenvalue weighted by Gasteiger charge is 2.41. The molecule has 0 bridgehead atoms. The van der Waals surface area contributed by atoms with E-state index >= 15 is 0 Å². The third-order valence-corrected chi connectivity index (χ3v) is 2.75. The molecule has 0 radical (unpaired) electrons. The molecular weight excluding hydrogens is 250 g/mol. The Kier molecular flexibility index (Phi) is 5.42. The number of alkyl halides is 2. The van der Waals surface area contributed by atoms with Crippen molar-refractivity contribution in [3.63, 3.8) is 0 Å². The molecule has 0 fully saturated rings. The van der Waals surface area contributed by atoms with Crippen LogP contribution in [0.1, 0.15) is 5.56 Å². The van der Waals surface area contributed by atoms with E-state index in [1.54, 1.807) is 0 Å². The summed E-state index contributed by atoms with van der Waals surface area (Å²) in [6.07, 6.45) is 0.571. The van der Waals surface area contributed by atoms with E-state index in [1.807, 2.05) is 30.3 Å². The molecule has 0 N–H and O–H groups in total. The van der Waals surface area contributed by atoms with E-state index in [9.17, 15) is 13.6 Å². The molecule has 1 aromatic carbocycles. The Morgan fingerprint density at radius 3 is 2.26 bits per heavy atom. The number of nitrogens with zero attached hydrogens (tertiary/aromatic N) is 2. The second-order valence-electron chi connectivity index (χ2n) is 4.90. The lowest BCUT2D eigenvalue weighted by Crippen LogP contribution is -2.47. The van der Waals surface area contributed by atoms with Crippen LogP contribution in [0.3, 0.4) is 0 Å². The Balaban J connectivity index is 2.53. The largest absolute Gasteiger partial charge is 0.340 e. The van der Waals surface area contributed by atoms with Crippen LogP contribution in [0.25, 0.3) is 0 Å². The summed E-state index contributed by atoms with van der Waals surface area (Å²) in [7, 11) is 4.45. The number of rotatable bonds is 6. The molecule has 106 valence electrons. The molecule has 0 aliphatic carbocycles. The zero-order chi connectivity index (χ0) is 14.5. The minimum atomic E-state index is -3.34. The Hall–Kier alpha value is -1.49. The van der Waals surface area contributed by atoms with Crippen molar-refractivity contribution in [3.8, 4) is 0 Å². The monoisotopic (exact) mass is 270 g/mol. The number of hydrogen-bond acceptors (Lipinski definition) is 2. The third-order valence-electron chi connectivity index (χ3n) is 2.75. The van der Waals surface area contributed by atoms with Crippen LogP contribution in [-0.4, -0.2) is 55.9 Å². The third kappa shape index (κ3) is 4.95. The first kappa shape index (κ1) is 15.6. The molecule has 1 amide bonds. The molecule has 0 spiro atoms. The fourth-order valence-electron chi connectivity index (χ4n) is 1.79. The number of carbonyl (C=O) groups excluding carboxylic acids is 1. The van der Waals surface area contributed by atoms with Crippen LogP contribution in [0.15, 0.2) is 30.3 Å². The number of benzene rings is 1. The first-order valence-electron chi connectivity index (χ1n) is 6.15. The SMILES string of the molecule is CN(C)CC(F)(F)C(=O)N(C)CCc1ccccc1. The van der Waals surface area contributed by atoms with Gasteiger partial charge in [0.1, 0.15) is 0 Å². The molecule has 5 heteroatoms. The Bertz CT molecular complexity index is 407. The lowest BCUT2D eigenvalue weighted by molar-refractivity contribution is -0.157. The molecule has 0 aliphatic heterocycles. The van der Waals surface area contributed by atoms with Gasteiger partial charge < -0.3 is 9.80 Å². The number of amides is 1. The van der Waals surface area contributed by atoms with Crippen LogP contribution in [0.4, 0.5) is 8.78 Å². The number of likely N-dealkylation sites (N-methyl/N-ethyl adjacent to an activating group) is 1. The van der Waals surface area contributed by atoms with E-state index in [0.717, 1.165) is 10.5 Å². The van der Waals surface area contributed by atoms with Crippen LogP contribution in [0.5, 0.6) is 0 Å². The van der Waals surface area contributed by atoms with E-state index < -0.39 is 18.4 Å². The zero-order valence-corrected chi connectivity index (χ0v) is 11.6. The topological polar surface area (TPSA) is 23.6 Å². The summed E-state index contributed by atoms with van der Waals surface area (Å²) >= 11 is 0. The van der Waals surface area contributed by atoms with Crippen molar-refractivity contribution in [1.29, 1.82) is 0 Å². The van der Waals surface area contributed by atoms with Crippen LogP contribution >= 0.6 is 0 Å². The maximum Gasteiger partial charge on any atom is 0.337 e. The molecule has 0 unspecified atom stereocenters. The van der Waals surface area contributed by atoms with Gasteiger partial charge in [0, 0.05) is 13.6 Å². The van der Waals surface area contributed by atoms with E-state index in [4.69, 9.17) is 0 Å². The van der Waals surface area contributed by atoms with Crippen LogP contribution in [0, 0.1) is 0 Å². The zero-order valence-electron chi connectivity index (χ0n) is 11.6. The molecule has 3 nitrogen and oxygen atoms in total. The Labute approximate surface area is 112 Å². The van der Waals surface area contributed by atoms with Gasteiger partial charge in [-0.1, -0.05) is 30.3 Å². The van der Waals surface area contributed by atoms with Gasteiger partial charge in [-0.05, 0) is 26.1 Å². The standard InChI is InChI=1S/C14H20F2N2O/c1-17(2)11-14(15,16)13(19)18(3)10-9-12-7-5-4-6-8-12/h4-8H,9-11H2,1-3H3. The highest BCUT2D eigenvalue weighted by Crippen LogP contribution is 2.17. The predicted octanol–water partition coefficient (Wildman–Crippen LogP) is 1.88. The van der Waals surface area contributed by atoms with E-state index in [0.29, 0.717) is 6.42 Å². The van der Waals surface area contributed by atoms with Gasteiger partial charge in [-0.15, -0.1) is 0 Å². The first-order chi connectivity index (χ1) is 8.83. The van der Waals surface area contributed by atoms with Crippen molar-refractivity contribution < 1.29 is 13.6 Å². The van der Waals surface area contributed by atoms with Gasteiger partial charge in [0.15, 0.2) is 0 Å². The molecule has 19 heavy (non-hydrogen) atoms. The van der Waals surface area contributed by atoms with Gasteiger partial charge in [0.25, 0.3) is 5.91 Å². The summed E-state index contributed by atoms with van der Waals surface area (Å²) in [4.78, 5) is 14.1. The molecule has 0 saturated heterocycles. The highest BCUT2D eigenvalue weighted by atomic mass is 19.3. The van der Waals surface area contributed by atoms with Crippen molar-refractivity contribution in [2.45, 2.75) is 12.3 Å². The van der Waals surface area contributed by atoms with Crippen molar-refractivity contribution in [2.75, 3.05) is 34.2 Å². The Morgan fingerprint density at radius 1 is 1.16 bits per heavy atom. The summed E-state index contributed by atoms with van der Waals surface area (Å²) in [5, 5.41) is 0. The molecule has 0 saturated carbocycles. The minimum absolute atomic E-state index is 0.284. The van der Waals surface area contributed by atoms with Gasteiger partial charge in [-0.25, -0.2) is 0 Å². The smallest absolute Gasteiger partial charge is 0.337 e. The lowest BCUT2D eigenvalue weighted by Gasteiger charge is -2.25. The average molecular weight is 270 g/mol. The fourth-order valence-corrected chi connectivity index (χ4v) is 1.79. The molecule has 1 aromatic rings. The molecule has 1 rings (SSSR count). The molecule has 0 aromatic heterocycles. The molecule has 0 heterocycles. The highest BCUT2D eigenvalue weighted by molar-refractivity contribution is 5.83. The molecule has 0 atom stereocenters. The molecule has 0 aliphatic rings. The predicted molar refractivity (Wildman–Crippen MR) is 71.3 cm³/mol. The van der Waals surface area contributed by atoms with Gasteiger partial charge in [0.2, 0.25) is 0 Å². The van der Waals surface area contributed by atoms with Crippen LogP contribution in [-0.2, 0) is 11.2 Å². The number of halogens is 2.